The monoisotopic (exact) mass is 330 g/mol. The van der Waals surface area contributed by atoms with Gasteiger partial charge in [-0.15, -0.1) is 0 Å². The zero-order valence-corrected chi connectivity index (χ0v) is 14.9. The van der Waals surface area contributed by atoms with E-state index in [1.165, 1.54) is 21.3 Å². The number of imidazole rings is 1. The van der Waals surface area contributed by atoms with Gasteiger partial charge in [-0.05, 0) is 43.4 Å². The molecular formula is C19H26N2O3. The van der Waals surface area contributed by atoms with Crippen LogP contribution in [0.5, 0.6) is 0 Å². The van der Waals surface area contributed by atoms with Crippen molar-refractivity contribution in [1.82, 2.24) is 9.55 Å². The molecule has 1 aromatic carbocycles. The molecule has 0 fully saturated rings. The second-order valence-electron chi connectivity index (χ2n) is 5.98. The highest BCUT2D eigenvalue weighted by atomic mass is 16.5. The summed E-state index contributed by atoms with van der Waals surface area (Å²) >= 11 is 0. The minimum Gasteiger partial charge on any atom is -0.449 e. The van der Waals surface area contributed by atoms with Gasteiger partial charge in [0, 0.05) is 32.0 Å². The van der Waals surface area contributed by atoms with Gasteiger partial charge in [-0.1, -0.05) is 25.1 Å². The summed E-state index contributed by atoms with van der Waals surface area (Å²) in [5.74, 6) is 0.714. The third-order valence-corrected chi connectivity index (χ3v) is 4.33. The molecule has 0 saturated carbocycles. The van der Waals surface area contributed by atoms with Gasteiger partial charge in [0.2, 0.25) is 0 Å². The van der Waals surface area contributed by atoms with E-state index in [9.17, 15) is 4.79 Å². The van der Waals surface area contributed by atoms with Gasteiger partial charge in [-0.25, -0.2) is 14.3 Å². The molecule has 1 heterocycles. The first-order chi connectivity index (χ1) is 11.6. The smallest absolute Gasteiger partial charge is 0.419 e. The van der Waals surface area contributed by atoms with Gasteiger partial charge in [0.15, 0.2) is 0 Å². The summed E-state index contributed by atoms with van der Waals surface area (Å²) in [6, 6.07) is 6.21. The van der Waals surface area contributed by atoms with Crippen LogP contribution in [0, 0.1) is 13.8 Å². The Morgan fingerprint density at radius 3 is 2.75 bits per heavy atom. The van der Waals surface area contributed by atoms with E-state index in [1.807, 2.05) is 6.07 Å². The van der Waals surface area contributed by atoms with Crippen molar-refractivity contribution >= 4 is 6.09 Å². The average molecular weight is 330 g/mol. The van der Waals surface area contributed by atoms with Crippen molar-refractivity contribution in [1.29, 1.82) is 0 Å². The number of ether oxygens (including phenoxy) is 2. The number of methoxy groups -OCH3 is 1. The predicted octanol–water partition coefficient (Wildman–Crippen LogP) is 4.06. The largest absolute Gasteiger partial charge is 0.449 e. The molecule has 2 rings (SSSR count). The molecule has 0 saturated heterocycles. The summed E-state index contributed by atoms with van der Waals surface area (Å²) in [5.41, 5.74) is 3.64. The van der Waals surface area contributed by atoms with Gasteiger partial charge in [-0.3, -0.25) is 0 Å². The molecule has 0 bridgehead atoms. The maximum atomic E-state index is 12.3. The first-order valence-corrected chi connectivity index (χ1v) is 8.31. The van der Waals surface area contributed by atoms with Crippen LogP contribution < -0.4 is 0 Å². The maximum absolute atomic E-state index is 12.3. The molecule has 0 unspecified atom stereocenters. The molecule has 5 heteroatoms. The number of carbonyl (C=O) groups is 1. The minimum absolute atomic E-state index is 0.0148. The zero-order valence-electron chi connectivity index (χ0n) is 14.9. The number of rotatable bonds is 7. The summed E-state index contributed by atoms with van der Waals surface area (Å²) in [5, 5.41) is 0. The lowest BCUT2D eigenvalue weighted by Gasteiger charge is -2.17. The Bertz CT molecular complexity index is 679. The van der Waals surface area contributed by atoms with E-state index < -0.39 is 0 Å². The van der Waals surface area contributed by atoms with Crippen LogP contribution in [0.3, 0.4) is 0 Å². The van der Waals surface area contributed by atoms with E-state index in [2.05, 4.69) is 37.9 Å². The Morgan fingerprint density at radius 2 is 2.00 bits per heavy atom. The van der Waals surface area contributed by atoms with Crippen LogP contribution in [0.1, 0.15) is 48.2 Å². The van der Waals surface area contributed by atoms with Crippen molar-refractivity contribution < 1.29 is 14.3 Å². The van der Waals surface area contributed by atoms with E-state index in [-0.39, 0.29) is 12.0 Å². The number of nitrogens with zero attached hydrogens (tertiary/aromatic N) is 2. The van der Waals surface area contributed by atoms with Crippen LogP contribution in [0.15, 0.2) is 30.6 Å². The molecule has 1 atom stereocenters. The van der Waals surface area contributed by atoms with Crippen molar-refractivity contribution in [2.24, 2.45) is 0 Å². The first-order valence-electron chi connectivity index (χ1n) is 8.31. The maximum Gasteiger partial charge on any atom is 0.419 e. The van der Waals surface area contributed by atoms with Crippen molar-refractivity contribution in [2.45, 2.75) is 39.5 Å². The second kappa shape index (κ2) is 8.64. The van der Waals surface area contributed by atoms with Crippen molar-refractivity contribution in [3.63, 3.8) is 0 Å². The number of hydrogen-bond donors (Lipinski definition) is 0. The minimum atomic E-state index is -0.378. The van der Waals surface area contributed by atoms with E-state index in [4.69, 9.17) is 9.47 Å². The van der Waals surface area contributed by atoms with Crippen LogP contribution in [-0.2, 0) is 9.47 Å². The van der Waals surface area contributed by atoms with Crippen LogP contribution in [0.25, 0.3) is 0 Å². The molecule has 0 aliphatic rings. The van der Waals surface area contributed by atoms with Gasteiger partial charge in [-0.2, -0.15) is 0 Å². The zero-order chi connectivity index (χ0) is 17.5. The Hall–Kier alpha value is -2.14. The number of unbranched alkanes of at least 4 members (excludes halogenated alkanes) is 1. The van der Waals surface area contributed by atoms with Gasteiger partial charge in [0.05, 0.1) is 6.61 Å². The number of hydrogen-bond acceptors (Lipinski definition) is 4. The fourth-order valence-corrected chi connectivity index (χ4v) is 2.75. The highest BCUT2D eigenvalue weighted by Crippen LogP contribution is 2.27. The second-order valence-corrected chi connectivity index (χ2v) is 5.98. The lowest BCUT2D eigenvalue weighted by atomic mass is 9.93. The highest BCUT2D eigenvalue weighted by molar-refractivity contribution is 5.71. The summed E-state index contributed by atoms with van der Waals surface area (Å²) in [4.78, 5) is 16.7. The molecule has 0 N–H and O–H groups in total. The molecule has 0 aliphatic heterocycles. The lowest BCUT2D eigenvalue weighted by Crippen LogP contribution is -2.19. The van der Waals surface area contributed by atoms with E-state index in [0.717, 1.165) is 12.8 Å². The molecule has 5 nitrogen and oxygen atoms in total. The number of carbonyl (C=O) groups excluding carboxylic acids is 1. The quantitative estimate of drug-likeness (QED) is 0.718. The fraction of sp³-hybridized carbons (Fsp3) is 0.474. The topological polar surface area (TPSA) is 53.4 Å². The van der Waals surface area contributed by atoms with Gasteiger partial charge in [0.1, 0.15) is 5.82 Å². The Labute approximate surface area is 143 Å². The van der Waals surface area contributed by atoms with Gasteiger partial charge < -0.3 is 9.47 Å². The third-order valence-electron chi connectivity index (χ3n) is 4.33. The van der Waals surface area contributed by atoms with Crippen molar-refractivity contribution in [2.75, 3.05) is 20.3 Å². The fourth-order valence-electron chi connectivity index (χ4n) is 2.75. The number of aromatic nitrogens is 2. The standard InChI is InChI=1S/C19H26N2O3/c1-14-8-7-9-17(15(14)2)16(3)18-20-10-11-21(18)19(22)24-13-6-5-12-23-4/h7-11,16H,5-6,12-13H2,1-4H3/t16-/m0/s1. The molecule has 0 radical (unpaired) electrons. The molecule has 2 aromatic rings. The molecule has 130 valence electrons. The Balaban J connectivity index is 2.09. The van der Waals surface area contributed by atoms with E-state index in [0.29, 0.717) is 19.0 Å². The predicted molar refractivity (Wildman–Crippen MR) is 93.5 cm³/mol. The average Bonchev–Trinajstić information content (AvgIpc) is 3.06. The summed E-state index contributed by atoms with van der Waals surface area (Å²) in [6.45, 7) is 7.32. The molecular weight excluding hydrogens is 304 g/mol. The molecule has 0 aliphatic carbocycles. The van der Waals surface area contributed by atoms with Gasteiger partial charge in [0.25, 0.3) is 0 Å². The van der Waals surface area contributed by atoms with E-state index in [1.54, 1.807) is 19.5 Å². The number of benzene rings is 1. The van der Waals surface area contributed by atoms with Crippen molar-refractivity contribution in [3.8, 4) is 0 Å². The third kappa shape index (κ3) is 4.23. The summed E-state index contributed by atoms with van der Waals surface area (Å²) < 4.78 is 11.8. The Morgan fingerprint density at radius 1 is 1.25 bits per heavy atom. The molecule has 1 aromatic heterocycles. The van der Waals surface area contributed by atoms with Crippen LogP contribution in [-0.4, -0.2) is 36.0 Å². The number of aryl methyl sites for hydroxylation is 1. The van der Waals surface area contributed by atoms with Crippen LogP contribution in [0.2, 0.25) is 0 Å². The molecule has 0 spiro atoms. The molecule has 0 amide bonds. The first kappa shape index (κ1) is 18.2. The summed E-state index contributed by atoms with van der Waals surface area (Å²) in [7, 11) is 1.67. The highest BCUT2D eigenvalue weighted by Gasteiger charge is 2.20. The van der Waals surface area contributed by atoms with E-state index >= 15 is 0 Å². The SMILES string of the molecule is COCCCCOC(=O)n1ccnc1[C@@H](C)c1cccc(C)c1C. The lowest BCUT2D eigenvalue weighted by molar-refractivity contribution is 0.136. The van der Waals surface area contributed by atoms with Crippen LogP contribution >= 0.6 is 0 Å². The normalized spacial score (nSPS) is 12.2. The molecule has 24 heavy (non-hydrogen) atoms. The van der Waals surface area contributed by atoms with Crippen LogP contribution in [0.4, 0.5) is 4.79 Å². The van der Waals surface area contributed by atoms with Gasteiger partial charge >= 0.3 is 6.09 Å². The Kier molecular flexibility index (Phi) is 6.55. The summed E-state index contributed by atoms with van der Waals surface area (Å²) in [6.07, 6.45) is 4.59. The van der Waals surface area contributed by atoms with Crippen molar-refractivity contribution in [3.05, 3.63) is 53.1 Å².